The fraction of sp³-hybridized carbons (Fsp3) is 0.412. The Kier molecular flexibility index (Phi) is 5.35. The molecule has 1 heterocycles. The highest BCUT2D eigenvalue weighted by Crippen LogP contribution is 2.26. The quantitative estimate of drug-likeness (QED) is 0.823. The van der Waals surface area contributed by atoms with E-state index in [1.54, 1.807) is 18.4 Å². The van der Waals surface area contributed by atoms with E-state index in [0.717, 1.165) is 13.0 Å². The van der Waals surface area contributed by atoms with Crippen LogP contribution in [0.4, 0.5) is 0 Å². The van der Waals surface area contributed by atoms with Gasteiger partial charge in [0.25, 0.3) is 0 Å². The highest BCUT2D eigenvalue weighted by Gasteiger charge is 2.18. The maximum atomic E-state index is 5.48. The van der Waals surface area contributed by atoms with Crippen molar-refractivity contribution < 1.29 is 4.74 Å². The molecule has 108 valence electrons. The molecular weight excluding hydrogens is 266 g/mol. The van der Waals surface area contributed by atoms with Crippen LogP contribution in [-0.4, -0.2) is 19.3 Å². The van der Waals surface area contributed by atoms with E-state index >= 15 is 0 Å². The molecule has 0 aliphatic rings. The molecule has 0 saturated heterocycles. The average molecular weight is 289 g/mol. The number of benzene rings is 1. The van der Waals surface area contributed by atoms with Crippen LogP contribution in [0, 0.1) is 0 Å². The summed E-state index contributed by atoms with van der Waals surface area (Å²) in [4.78, 5) is 1.35. The molecule has 0 fully saturated rings. The van der Waals surface area contributed by atoms with Crippen molar-refractivity contribution >= 4 is 11.3 Å². The van der Waals surface area contributed by atoms with Crippen LogP contribution in [0.1, 0.15) is 36.8 Å². The van der Waals surface area contributed by atoms with Gasteiger partial charge in [0.05, 0.1) is 11.6 Å². The third-order valence-corrected chi connectivity index (χ3v) is 4.53. The average Bonchev–Trinajstić information content (AvgIpc) is 2.98. The Morgan fingerprint density at radius 2 is 1.90 bits per heavy atom. The second-order valence-electron chi connectivity index (χ2n) is 5.53. The number of hydrogen-bond donors (Lipinski definition) is 1. The van der Waals surface area contributed by atoms with Crippen LogP contribution in [0.5, 0.6) is 0 Å². The van der Waals surface area contributed by atoms with Gasteiger partial charge >= 0.3 is 0 Å². The maximum Gasteiger partial charge on any atom is 0.0671 e. The number of hydrogen-bond acceptors (Lipinski definition) is 3. The first-order chi connectivity index (χ1) is 9.62. The molecule has 0 aliphatic carbocycles. The third-order valence-electron chi connectivity index (χ3n) is 3.59. The van der Waals surface area contributed by atoms with Gasteiger partial charge in [0.15, 0.2) is 0 Å². The highest BCUT2D eigenvalue weighted by atomic mass is 32.1. The van der Waals surface area contributed by atoms with Gasteiger partial charge in [-0.3, -0.25) is 0 Å². The van der Waals surface area contributed by atoms with Gasteiger partial charge in [-0.2, -0.15) is 0 Å². The molecule has 0 saturated carbocycles. The molecule has 0 spiro atoms. The van der Waals surface area contributed by atoms with Gasteiger partial charge in [-0.25, -0.2) is 0 Å². The van der Waals surface area contributed by atoms with Crippen molar-refractivity contribution in [3.05, 3.63) is 58.3 Å². The van der Waals surface area contributed by atoms with E-state index in [1.165, 1.54) is 10.4 Å². The van der Waals surface area contributed by atoms with Crippen LogP contribution < -0.4 is 5.32 Å². The van der Waals surface area contributed by atoms with Gasteiger partial charge in [0.2, 0.25) is 0 Å². The van der Waals surface area contributed by atoms with Crippen molar-refractivity contribution in [2.75, 3.05) is 13.7 Å². The van der Waals surface area contributed by atoms with Gasteiger partial charge in [-0.1, -0.05) is 36.4 Å². The number of rotatable bonds is 7. The minimum atomic E-state index is -0.0797. The molecule has 20 heavy (non-hydrogen) atoms. The van der Waals surface area contributed by atoms with E-state index in [4.69, 9.17) is 4.74 Å². The van der Waals surface area contributed by atoms with Crippen molar-refractivity contribution in [2.45, 2.75) is 31.9 Å². The summed E-state index contributed by atoms with van der Waals surface area (Å²) in [7, 11) is 1.77. The molecule has 0 bridgehead atoms. The molecule has 1 N–H and O–H groups in total. The van der Waals surface area contributed by atoms with E-state index in [-0.39, 0.29) is 11.6 Å². The lowest BCUT2D eigenvalue weighted by Gasteiger charge is -2.25. The second-order valence-corrected chi connectivity index (χ2v) is 6.51. The Balaban J connectivity index is 2.05. The molecule has 1 aromatic carbocycles. The summed E-state index contributed by atoms with van der Waals surface area (Å²) in [5.74, 6) is 0. The molecule has 3 heteroatoms. The van der Waals surface area contributed by atoms with Crippen LogP contribution in [0.2, 0.25) is 0 Å². The molecule has 0 amide bonds. The predicted molar refractivity (Wildman–Crippen MR) is 86.3 cm³/mol. The van der Waals surface area contributed by atoms with Crippen molar-refractivity contribution in [1.82, 2.24) is 5.32 Å². The summed E-state index contributed by atoms with van der Waals surface area (Å²) in [5, 5.41) is 5.79. The molecule has 0 radical (unpaired) electrons. The van der Waals surface area contributed by atoms with Gasteiger partial charge in [-0.15, -0.1) is 11.3 Å². The number of nitrogens with one attached hydrogen (secondary N) is 1. The van der Waals surface area contributed by atoms with E-state index in [9.17, 15) is 0 Å². The highest BCUT2D eigenvalue weighted by molar-refractivity contribution is 7.10. The van der Waals surface area contributed by atoms with Gasteiger partial charge in [0.1, 0.15) is 0 Å². The Morgan fingerprint density at radius 1 is 1.15 bits per heavy atom. The molecular formula is C17H23NOS. The number of thiophene rings is 1. The van der Waals surface area contributed by atoms with Crippen LogP contribution in [0.25, 0.3) is 0 Å². The molecule has 1 aromatic heterocycles. The second kappa shape index (κ2) is 7.02. The monoisotopic (exact) mass is 289 g/mol. The van der Waals surface area contributed by atoms with Crippen molar-refractivity contribution in [3.63, 3.8) is 0 Å². The Bertz CT molecular complexity index is 493. The molecule has 2 rings (SSSR count). The fourth-order valence-electron chi connectivity index (χ4n) is 2.10. The molecule has 2 aromatic rings. The zero-order valence-corrected chi connectivity index (χ0v) is 13.2. The zero-order valence-electron chi connectivity index (χ0n) is 12.4. The fourth-order valence-corrected chi connectivity index (χ4v) is 2.93. The lowest BCUT2D eigenvalue weighted by Crippen LogP contribution is -2.31. The largest absolute Gasteiger partial charge is 0.379 e. The molecule has 0 aliphatic heterocycles. The topological polar surface area (TPSA) is 21.3 Å². The minimum absolute atomic E-state index is 0.0797. The zero-order chi connectivity index (χ0) is 14.4. The smallest absolute Gasteiger partial charge is 0.0671 e. The standard InChI is InChI=1S/C17H23NOS/c1-17(2,19-3)11-12-18-16(15-10-7-13-20-15)14-8-5-4-6-9-14/h4-10,13,16,18H,11-12H2,1-3H3. The first-order valence-electron chi connectivity index (χ1n) is 6.99. The van der Waals surface area contributed by atoms with Crippen LogP contribution >= 0.6 is 11.3 Å². The van der Waals surface area contributed by atoms with E-state index < -0.39 is 0 Å². The summed E-state index contributed by atoms with van der Waals surface area (Å²) in [6, 6.07) is 15.2. The van der Waals surface area contributed by atoms with E-state index in [2.05, 4.69) is 67.0 Å². The summed E-state index contributed by atoms with van der Waals surface area (Å²) >= 11 is 1.80. The van der Waals surface area contributed by atoms with Crippen molar-refractivity contribution in [2.24, 2.45) is 0 Å². The summed E-state index contributed by atoms with van der Waals surface area (Å²) in [6.45, 7) is 5.17. The summed E-state index contributed by atoms with van der Waals surface area (Å²) < 4.78 is 5.48. The minimum Gasteiger partial charge on any atom is -0.379 e. The Labute approximate surface area is 125 Å². The lowest BCUT2D eigenvalue weighted by molar-refractivity contribution is 0.0155. The SMILES string of the molecule is COC(C)(C)CCNC(c1ccccc1)c1cccs1. The van der Waals surface area contributed by atoms with E-state index in [0.29, 0.717) is 0 Å². The maximum absolute atomic E-state index is 5.48. The van der Waals surface area contributed by atoms with Gasteiger partial charge < -0.3 is 10.1 Å². The first-order valence-corrected chi connectivity index (χ1v) is 7.87. The summed E-state index contributed by atoms with van der Waals surface area (Å²) in [5.41, 5.74) is 1.23. The van der Waals surface area contributed by atoms with Crippen molar-refractivity contribution in [1.29, 1.82) is 0 Å². The predicted octanol–water partition coefficient (Wildman–Crippen LogP) is 4.24. The normalized spacial score (nSPS) is 13.3. The Morgan fingerprint density at radius 3 is 2.50 bits per heavy atom. The van der Waals surface area contributed by atoms with Crippen molar-refractivity contribution in [3.8, 4) is 0 Å². The summed E-state index contributed by atoms with van der Waals surface area (Å²) in [6.07, 6.45) is 0.984. The molecule has 2 nitrogen and oxygen atoms in total. The number of methoxy groups -OCH3 is 1. The van der Waals surface area contributed by atoms with Crippen LogP contribution in [-0.2, 0) is 4.74 Å². The Hall–Kier alpha value is -1.16. The first kappa shape index (κ1) is 15.2. The van der Waals surface area contributed by atoms with Gasteiger partial charge in [0, 0.05) is 12.0 Å². The van der Waals surface area contributed by atoms with Crippen LogP contribution in [0.15, 0.2) is 47.8 Å². The molecule has 1 atom stereocenters. The lowest BCUT2D eigenvalue weighted by atomic mass is 10.0. The van der Waals surface area contributed by atoms with E-state index in [1.807, 2.05) is 0 Å². The molecule has 1 unspecified atom stereocenters. The third kappa shape index (κ3) is 4.17. The van der Waals surface area contributed by atoms with Crippen LogP contribution in [0.3, 0.4) is 0 Å². The number of ether oxygens (including phenoxy) is 1. The van der Waals surface area contributed by atoms with Gasteiger partial charge in [-0.05, 0) is 43.8 Å².